The summed E-state index contributed by atoms with van der Waals surface area (Å²) in [5.74, 6) is 4.66. The predicted molar refractivity (Wildman–Crippen MR) is 54.9 cm³/mol. The van der Waals surface area contributed by atoms with Gasteiger partial charge in [0.25, 0.3) is 0 Å². The van der Waals surface area contributed by atoms with Gasteiger partial charge in [0.15, 0.2) is 0 Å². The van der Waals surface area contributed by atoms with Gasteiger partial charge in [-0.1, -0.05) is 0 Å². The van der Waals surface area contributed by atoms with Gasteiger partial charge in [0.1, 0.15) is 0 Å². The van der Waals surface area contributed by atoms with E-state index in [4.69, 9.17) is 0 Å². The number of halogens is 2. The van der Waals surface area contributed by atoms with Crippen LogP contribution in [-0.2, 0) is 23.8 Å². The van der Waals surface area contributed by atoms with E-state index in [1.54, 1.807) is 0 Å². The molecule has 0 aromatic rings. The first kappa shape index (κ1) is 16.0. The van der Waals surface area contributed by atoms with E-state index in [2.05, 4.69) is 43.3 Å². The molecule has 0 N–H and O–H groups in total. The molecule has 0 saturated carbocycles. The molecule has 80 valence electrons. The predicted octanol–water partition coefficient (Wildman–Crippen LogP) is -5.03. The van der Waals surface area contributed by atoms with E-state index in [1.807, 2.05) is 0 Å². The molecule has 15 heavy (non-hydrogen) atoms. The van der Waals surface area contributed by atoms with Gasteiger partial charge in [0.05, 0.1) is 0 Å². The third-order valence-corrected chi connectivity index (χ3v) is 6.84. The minimum Gasteiger partial charge on any atom is -1.00 e. The van der Waals surface area contributed by atoms with Gasteiger partial charge >= 0.3 is 93.9 Å². The number of hydrogen-bond donors (Lipinski definition) is 0. The molecule has 0 amide bonds. The van der Waals surface area contributed by atoms with Crippen molar-refractivity contribution >= 4 is 13.7 Å². The maximum absolute atomic E-state index is 2.66. The maximum atomic E-state index is 2.66. The van der Waals surface area contributed by atoms with Crippen LogP contribution in [-0.4, -0.2) is 32.3 Å². The summed E-state index contributed by atoms with van der Waals surface area (Å²) in [5, 5.41) is 0. The fraction of sp³-hybridized carbons (Fsp3) is 0.500. The summed E-state index contributed by atoms with van der Waals surface area (Å²) in [6.07, 6.45) is 4.61. The normalized spacial score (nSPS) is 20.1. The Labute approximate surface area is 118 Å². The van der Waals surface area contributed by atoms with Gasteiger partial charge < -0.3 is 24.8 Å². The zero-order valence-corrected chi connectivity index (χ0v) is 13.0. The van der Waals surface area contributed by atoms with Crippen LogP contribution in [0.15, 0.2) is 24.1 Å². The van der Waals surface area contributed by atoms with Gasteiger partial charge in [-0.2, -0.15) is 0 Å². The van der Waals surface area contributed by atoms with Crippen LogP contribution in [0.2, 0.25) is 13.6 Å². The van der Waals surface area contributed by atoms with Gasteiger partial charge in [-0.15, -0.1) is 0 Å². The Balaban J connectivity index is 0.000000980. The Morgan fingerprint density at radius 3 is 1.60 bits per heavy atom. The average Bonchev–Trinajstić information content (AvgIpc) is 2.65. The summed E-state index contributed by atoms with van der Waals surface area (Å²) in [5.41, 5.74) is 0. The quantitative estimate of drug-likeness (QED) is 0.470. The molecular formula is C8H14B2Cl2N2Zr. The molecule has 0 fully saturated rings. The third kappa shape index (κ3) is 4.05. The summed E-state index contributed by atoms with van der Waals surface area (Å²) in [6.45, 7) is 8.38. The molecule has 2 aliphatic rings. The van der Waals surface area contributed by atoms with Crippen molar-refractivity contribution in [2.24, 2.45) is 0 Å². The minimum atomic E-state index is -0.478. The maximum Gasteiger partial charge on any atom is -1.00 e. The van der Waals surface area contributed by atoms with Crippen molar-refractivity contribution < 1.29 is 48.6 Å². The van der Waals surface area contributed by atoms with Gasteiger partial charge in [0.2, 0.25) is 0 Å². The van der Waals surface area contributed by atoms with Crippen LogP contribution in [0.1, 0.15) is 0 Å². The molecule has 0 saturated heterocycles. The fourth-order valence-electron chi connectivity index (χ4n) is 1.71. The van der Waals surface area contributed by atoms with E-state index in [1.165, 1.54) is 13.1 Å². The van der Waals surface area contributed by atoms with Crippen LogP contribution in [0.25, 0.3) is 0 Å². The molecular weight excluding hydrogens is 308 g/mol. The second-order valence-corrected chi connectivity index (χ2v) is 7.06. The Morgan fingerprint density at radius 2 is 1.33 bits per heavy atom. The summed E-state index contributed by atoms with van der Waals surface area (Å²) >= 11 is -0.478. The van der Waals surface area contributed by atoms with Gasteiger partial charge in [-0.05, 0) is 0 Å². The van der Waals surface area contributed by atoms with E-state index in [9.17, 15) is 0 Å². The Kier molecular flexibility index (Phi) is 7.83. The van der Waals surface area contributed by atoms with Gasteiger partial charge in [0, 0.05) is 0 Å². The van der Waals surface area contributed by atoms with E-state index in [0.717, 1.165) is 0 Å². The molecule has 0 spiro atoms. The molecule has 0 unspecified atom stereocenters. The van der Waals surface area contributed by atoms with Crippen molar-refractivity contribution in [3.63, 3.8) is 0 Å². The molecule has 0 aliphatic carbocycles. The molecule has 2 nitrogen and oxygen atoms in total. The molecule has 2 rings (SSSR count). The van der Waals surface area contributed by atoms with Crippen LogP contribution < -0.4 is 24.8 Å². The van der Waals surface area contributed by atoms with Crippen LogP contribution in [0.5, 0.6) is 0 Å². The van der Waals surface area contributed by atoms with Gasteiger partial charge in [-0.25, -0.2) is 0 Å². The monoisotopic (exact) mass is 320 g/mol. The van der Waals surface area contributed by atoms with Crippen molar-refractivity contribution in [2.75, 3.05) is 13.1 Å². The molecule has 2 aliphatic heterocycles. The summed E-state index contributed by atoms with van der Waals surface area (Å²) in [4.78, 5) is 0. The van der Waals surface area contributed by atoms with Crippen LogP contribution in [0.4, 0.5) is 0 Å². The topological polar surface area (TPSA) is 6.48 Å². The Hall–Kier alpha value is 0.993. The Bertz CT molecular complexity index is 229. The number of nitrogens with zero attached hydrogens (tertiary/aromatic N) is 2. The van der Waals surface area contributed by atoms with Crippen LogP contribution >= 0.6 is 0 Å². The summed E-state index contributed by atoms with van der Waals surface area (Å²) < 4.78 is 5.32. The standard InChI is InChI=1S/2C4H7BN.2ClH.Zr/c2*1-5-3-2-4-6-5;;;/h2*2-3H,4H2,1H3;2*1H;/q2*-1;;;+4/p-2. The van der Waals surface area contributed by atoms with Gasteiger partial charge in [-0.3, -0.25) is 0 Å². The molecule has 0 aromatic heterocycles. The first-order chi connectivity index (χ1) is 6.27. The molecule has 0 atom stereocenters. The third-order valence-electron chi connectivity index (χ3n) is 2.67. The molecule has 0 aromatic carbocycles. The SMILES string of the molecule is CB1C=CC[N]1[Zr+2][N]1CC=CB1C.[Cl-].[Cl-]. The Morgan fingerprint density at radius 1 is 0.933 bits per heavy atom. The molecule has 2 heterocycles. The molecule has 7 heteroatoms. The van der Waals surface area contributed by atoms with E-state index in [-0.39, 0.29) is 24.8 Å². The van der Waals surface area contributed by atoms with E-state index >= 15 is 0 Å². The molecule has 0 bridgehead atoms. The second-order valence-electron chi connectivity index (χ2n) is 3.74. The number of rotatable bonds is 2. The summed E-state index contributed by atoms with van der Waals surface area (Å²) in [7, 11) is 0. The van der Waals surface area contributed by atoms with Crippen molar-refractivity contribution in [3.05, 3.63) is 24.1 Å². The first-order valence-electron chi connectivity index (χ1n) is 4.90. The van der Waals surface area contributed by atoms with Crippen molar-refractivity contribution in [1.29, 1.82) is 0 Å². The zero-order valence-electron chi connectivity index (χ0n) is 9.03. The molecule has 0 radical (unpaired) electrons. The first-order valence-corrected chi connectivity index (χ1v) is 7.10. The summed E-state index contributed by atoms with van der Waals surface area (Å²) in [6, 6.07) is 0. The average molecular weight is 322 g/mol. The van der Waals surface area contributed by atoms with E-state index in [0.29, 0.717) is 13.7 Å². The van der Waals surface area contributed by atoms with E-state index < -0.39 is 23.8 Å². The minimum absolute atomic E-state index is 0. The van der Waals surface area contributed by atoms with Crippen molar-refractivity contribution in [1.82, 2.24) is 5.51 Å². The van der Waals surface area contributed by atoms with Crippen molar-refractivity contribution in [3.8, 4) is 0 Å². The largest absolute Gasteiger partial charge is 1.00 e. The van der Waals surface area contributed by atoms with Crippen LogP contribution in [0, 0.1) is 0 Å². The number of hydrogen-bond acceptors (Lipinski definition) is 2. The zero-order chi connectivity index (χ0) is 9.26. The fourth-order valence-corrected chi connectivity index (χ4v) is 4.76. The van der Waals surface area contributed by atoms with Crippen molar-refractivity contribution in [2.45, 2.75) is 13.6 Å². The smallest absolute Gasteiger partial charge is 1.00 e. The van der Waals surface area contributed by atoms with Crippen LogP contribution in [0.3, 0.4) is 0 Å². The second kappa shape index (κ2) is 7.34.